The van der Waals surface area contributed by atoms with Gasteiger partial charge >= 0.3 is 0 Å². The fraction of sp³-hybridized carbons (Fsp3) is 0.455. The highest BCUT2D eigenvalue weighted by atomic mass is 15.3. The van der Waals surface area contributed by atoms with Crippen LogP contribution in [0.15, 0.2) is 43.2 Å². The van der Waals surface area contributed by atoms with Gasteiger partial charge in [-0.3, -0.25) is 13.8 Å². The number of nitrogens with zero attached hydrogens (tertiary/aromatic N) is 7. The Bertz CT molecular complexity index is 1140. The van der Waals surface area contributed by atoms with Gasteiger partial charge in [-0.05, 0) is 24.7 Å². The molecule has 0 spiro atoms. The molecule has 0 atom stereocenters. The van der Waals surface area contributed by atoms with Gasteiger partial charge < -0.3 is 0 Å². The molecule has 0 saturated heterocycles. The summed E-state index contributed by atoms with van der Waals surface area (Å²) in [6.07, 6.45) is 19.8. The Morgan fingerprint density at radius 1 is 1.00 bits per heavy atom. The van der Waals surface area contributed by atoms with Gasteiger partial charge in [0, 0.05) is 43.5 Å². The van der Waals surface area contributed by atoms with E-state index in [0.29, 0.717) is 6.04 Å². The second-order valence-corrected chi connectivity index (χ2v) is 8.74. The smallest absolute Gasteiger partial charge is 0.149 e. The van der Waals surface area contributed by atoms with Crippen LogP contribution in [0.2, 0.25) is 0 Å². The van der Waals surface area contributed by atoms with Crippen LogP contribution in [-0.2, 0) is 7.05 Å². The summed E-state index contributed by atoms with van der Waals surface area (Å²) < 4.78 is 6.04. The number of rotatable bonds is 7. The first-order chi connectivity index (χ1) is 14.2. The molecule has 0 N–H and O–H groups in total. The van der Waals surface area contributed by atoms with Crippen molar-refractivity contribution in [2.45, 2.75) is 44.6 Å². The zero-order valence-electron chi connectivity index (χ0n) is 16.6. The summed E-state index contributed by atoms with van der Waals surface area (Å²) in [6, 6.07) is 2.53. The van der Waals surface area contributed by atoms with Crippen molar-refractivity contribution in [1.82, 2.24) is 33.9 Å². The van der Waals surface area contributed by atoms with Crippen LogP contribution in [0.4, 0.5) is 0 Å². The van der Waals surface area contributed by atoms with E-state index in [2.05, 4.69) is 21.0 Å². The van der Waals surface area contributed by atoms with Gasteiger partial charge in [0.05, 0.1) is 29.7 Å². The van der Waals surface area contributed by atoms with Gasteiger partial charge in [0.1, 0.15) is 11.5 Å². The Morgan fingerprint density at radius 2 is 1.76 bits per heavy atom. The molecule has 2 aliphatic rings. The van der Waals surface area contributed by atoms with Crippen LogP contribution in [0.3, 0.4) is 0 Å². The Morgan fingerprint density at radius 3 is 2.45 bits per heavy atom. The van der Waals surface area contributed by atoms with Gasteiger partial charge in [-0.25, -0.2) is 9.97 Å². The number of fused-ring (bicyclic) bond motifs is 1. The number of hydrogen-bond acceptors (Lipinski definition) is 4. The summed E-state index contributed by atoms with van der Waals surface area (Å²) in [6.45, 7) is 0. The van der Waals surface area contributed by atoms with Crippen LogP contribution in [0.5, 0.6) is 0 Å². The van der Waals surface area contributed by atoms with Crippen molar-refractivity contribution in [1.29, 1.82) is 0 Å². The number of aryl methyl sites for hydroxylation is 1. The van der Waals surface area contributed by atoms with Gasteiger partial charge in [0.15, 0.2) is 0 Å². The van der Waals surface area contributed by atoms with Crippen LogP contribution in [0, 0.1) is 11.8 Å². The van der Waals surface area contributed by atoms with Gasteiger partial charge in [0.2, 0.25) is 0 Å². The normalized spacial score (nSPS) is 16.9. The van der Waals surface area contributed by atoms with E-state index in [0.717, 1.165) is 40.1 Å². The number of hydrogen-bond donors (Lipinski definition) is 0. The SMILES string of the molecule is Cn1cc(-c2cc3nccn3c(-c3cnn(C(CC4CC4)CC4CC4)c3)n2)cn1. The maximum Gasteiger partial charge on any atom is 0.149 e. The van der Waals surface area contributed by atoms with E-state index in [1.165, 1.54) is 38.5 Å². The topological polar surface area (TPSA) is 65.8 Å². The van der Waals surface area contributed by atoms with Crippen molar-refractivity contribution in [3.05, 3.63) is 43.2 Å². The predicted molar refractivity (Wildman–Crippen MR) is 110 cm³/mol. The summed E-state index contributed by atoms with van der Waals surface area (Å²) in [7, 11) is 1.92. The van der Waals surface area contributed by atoms with E-state index >= 15 is 0 Å². The summed E-state index contributed by atoms with van der Waals surface area (Å²) in [5.41, 5.74) is 3.79. The Hall–Kier alpha value is -2.96. The molecular formula is C22H25N7. The zero-order valence-corrected chi connectivity index (χ0v) is 16.6. The third-order valence-electron chi connectivity index (χ3n) is 6.23. The molecule has 0 aromatic carbocycles. The minimum absolute atomic E-state index is 0.517. The molecule has 4 aromatic heterocycles. The third kappa shape index (κ3) is 3.34. The quantitative estimate of drug-likeness (QED) is 0.478. The fourth-order valence-corrected chi connectivity index (χ4v) is 4.27. The Balaban J connectivity index is 1.39. The molecule has 2 aliphatic carbocycles. The van der Waals surface area contributed by atoms with Gasteiger partial charge in [0.25, 0.3) is 0 Å². The van der Waals surface area contributed by atoms with Gasteiger partial charge in [-0.2, -0.15) is 10.2 Å². The molecule has 148 valence electrons. The molecule has 7 nitrogen and oxygen atoms in total. The van der Waals surface area contributed by atoms with Crippen molar-refractivity contribution in [2.24, 2.45) is 18.9 Å². The van der Waals surface area contributed by atoms with Crippen molar-refractivity contribution in [3.8, 4) is 22.6 Å². The number of aromatic nitrogens is 7. The lowest BCUT2D eigenvalue weighted by Crippen LogP contribution is -2.11. The first kappa shape index (κ1) is 16.9. The summed E-state index contributed by atoms with van der Waals surface area (Å²) in [5, 5.41) is 9.07. The summed E-state index contributed by atoms with van der Waals surface area (Å²) >= 11 is 0. The second kappa shape index (κ2) is 6.54. The van der Waals surface area contributed by atoms with Gasteiger partial charge in [-0.1, -0.05) is 25.7 Å². The molecule has 0 amide bonds. The molecule has 2 fully saturated rings. The molecule has 0 aliphatic heterocycles. The van der Waals surface area contributed by atoms with E-state index in [9.17, 15) is 0 Å². The largest absolute Gasteiger partial charge is 0.284 e. The van der Waals surface area contributed by atoms with E-state index < -0.39 is 0 Å². The Labute approximate surface area is 169 Å². The molecule has 7 heteroatoms. The average Bonchev–Trinajstić information content (AvgIpc) is 3.54. The van der Waals surface area contributed by atoms with E-state index in [-0.39, 0.29) is 0 Å². The molecule has 29 heavy (non-hydrogen) atoms. The molecule has 0 bridgehead atoms. The van der Waals surface area contributed by atoms with E-state index in [1.54, 1.807) is 4.68 Å². The first-order valence-corrected chi connectivity index (χ1v) is 10.6. The third-order valence-corrected chi connectivity index (χ3v) is 6.23. The lowest BCUT2D eigenvalue weighted by atomic mass is 10.0. The molecule has 2 saturated carbocycles. The summed E-state index contributed by atoms with van der Waals surface area (Å²) in [5.74, 6) is 2.68. The highest BCUT2D eigenvalue weighted by molar-refractivity contribution is 5.68. The van der Waals surface area contributed by atoms with Crippen LogP contribution >= 0.6 is 0 Å². The fourth-order valence-electron chi connectivity index (χ4n) is 4.27. The van der Waals surface area contributed by atoms with Crippen molar-refractivity contribution in [2.75, 3.05) is 0 Å². The van der Waals surface area contributed by atoms with Crippen molar-refractivity contribution < 1.29 is 0 Å². The molecule has 4 aromatic rings. The molecule has 4 heterocycles. The van der Waals surface area contributed by atoms with Gasteiger partial charge in [-0.15, -0.1) is 0 Å². The standard InChI is InChI=1S/C22H25N7/c1-27-13-17(11-24-27)20-10-21-23-6-7-28(21)22(26-20)18-12-25-29(14-18)19(8-15-2-3-15)9-16-4-5-16/h6-7,10-16,19H,2-5,8-9H2,1H3. The molecular weight excluding hydrogens is 362 g/mol. The predicted octanol–water partition coefficient (Wildman–Crippen LogP) is 4.13. The molecule has 0 radical (unpaired) electrons. The molecule has 6 rings (SSSR count). The lowest BCUT2D eigenvalue weighted by Gasteiger charge is -2.17. The average molecular weight is 387 g/mol. The van der Waals surface area contributed by atoms with Crippen LogP contribution in [0.25, 0.3) is 28.3 Å². The van der Waals surface area contributed by atoms with Crippen LogP contribution in [0.1, 0.15) is 44.6 Å². The first-order valence-electron chi connectivity index (χ1n) is 10.6. The maximum absolute atomic E-state index is 4.96. The Kier molecular flexibility index (Phi) is 3.82. The minimum Gasteiger partial charge on any atom is -0.284 e. The monoisotopic (exact) mass is 387 g/mol. The van der Waals surface area contributed by atoms with Crippen molar-refractivity contribution >= 4 is 5.65 Å². The number of imidazole rings is 1. The zero-order chi connectivity index (χ0) is 19.4. The lowest BCUT2D eigenvalue weighted by molar-refractivity contribution is 0.364. The summed E-state index contributed by atoms with van der Waals surface area (Å²) in [4.78, 5) is 9.47. The van der Waals surface area contributed by atoms with E-state index in [1.807, 2.05) is 48.5 Å². The van der Waals surface area contributed by atoms with Crippen molar-refractivity contribution in [3.63, 3.8) is 0 Å². The second-order valence-electron chi connectivity index (χ2n) is 8.74. The minimum atomic E-state index is 0.517. The highest BCUT2D eigenvalue weighted by Gasteiger charge is 2.32. The van der Waals surface area contributed by atoms with Crippen LogP contribution in [-0.4, -0.2) is 33.9 Å². The van der Waals surface area contributed by atoms with E-state index in [4.69, 9.17) is 10.1 Å². The van der Waals surface area contributed by atoms with Crippen LogP contribution < -0.4 is 0 Å². The highest BCUT2D eigenvalue weighted by Crippen LogP contribution is 2.43. The molecule has 0 unspecified atom stereocenters. The maximum atomic E-state index is 4.96.